The molecule has 1 amide bonds. The maximum absolute atomic E-state index is 12.0. The van der Waals surface area contributed by atoms with Crippen LogP contribution in [0.25, 0.3) is 0 Å². The molecule has 0 aromatic heterocycles. The van der Waals surface area contributed by atoms with E-state index in [9.17, 15) is 4.79 Å². The van der Waals surface area contributed by atoms with Gasteiger partial charge in [0.15, 0.2) is 0 Å². The number of hydrogen-bond acceptors (Lipinski definition) is 3. The predicted octanol–water partition coefficient (Wildman–Crippen LogP) is 2.66. The highest BCUT2D eigenvalue weighted by molar-refractivity contribution is 5.67. The van der Waals surface area contributed by atoms with E-state index in [2.05, 4.69) is 13.8 Å². The van der Waals surface area contributed by atoms with Crippen LogP contribution < -0.4 is 0 Å². The first kappa shape index (κ1) is 15.5. The van der Waals surface area contributed by atoms with Crippen molar-refractivity contribution in [2.45, 2.75) is 26.9 Å². The van der Waals surface area contributed by atoms with Gasteiger partial charge in [-0.05, 0) is 17.9 Å². The van der Waals surface area contributed by atoms with Crippen molar-refractivity contribution in [2.75, 3.05) is 19.7 Å². The van der Waals surface area contributed by atoms with Crippen molar-refractivity contribution in [1.82, 2.24) is 4.90 Å². The monoisotopic (exact) mass is 265 g/mol. The Morgan fingerprint density at radius 2 is 2.00 bits per heavy atom. The summed E-state index contributed by atoms with van der Waals surface area (Å²) in [6, 6.07) is 9.61. The molecule has 0 bridgehead atoms. The van der Waals surface area contributed by atoms with Crippen LogP contribution in [0.5, 0.6) is 0 Å². The Bertz CT molecular complexity index is 365. The van der Waals surface area contributed by atoms with Gasteiger partial charge >= 0.3 is 6.09 Å². The van der Waals surface area contributed by atoms with E-state index in [1.807, 2.05) is 30.3 Å². The number of hydrogen-bond donors (Lipinski definition) is 1. The maximum atomic E-state index is 12.0. The fourth-order valence-electron chi connectivity index (χ4n) is 1.77. The van der Waals surface area contributed by atoms with Gasteiger partial charge in [-0.1, -0.05) is 44.2 Å². The molecule has 0 atom stereocenters. The first-order chi connectivity index (χ1) is 9.13. The lowest BCUT2D eigenvalue weighted by Crippen LogP contribution is -2.35. The molecule has 4 nitrogen and oxygen atoms in total. The van der Waals surface area contributed by atoms with Crippen LogP contribution in [0, 0.1) is 5.92 Å². The third kappa shape index (κ3) is 6.25. The van der Waals surface area contributed by atoms with Crippen molar-refractivity contribution >= 4 is 6.09 Å². The van der Waals surface area contributed by atoms with E-state index in [-0.39, 0.29) is 19.3 Å². The second kappa shape index (κ2) is 8.53. The summed E-state index contributed by atoms with van der Waals surface area (Å²) < 4.78 is 5.29. The number of rotatable bonds is 7. The summed E-state index contributed by atoms with van der Waals surface area (Å²) in [5.41, 5.74) is 0.975. The van der Waals surface area contributed by atoms with Gasteiger partial charge in [-0.15, -0.1) is 0 Å². The van der Waals surface area contributed by atoms with Crippen LogP contribution in [-0.2, 0) is 11.3 Å². The summed E-state index contributed by atoms with van der Waals surface area (Å²) in [6.45, 7) is 5.65. The molecule has 0 aliphatic heterocycles. The van der Waals surface area contributed by atoms with Gasteiger partial charge in [0.2, 0.25) is 0 Å². The molecule has 0 fully saturated rings. The van der Waals surface area contributed by atoms with Crippen LogP contribution in [-0.4, -0.2) is 35.8 Å². The van der Waals surface area contributed by atoms with Gasteiger partial charge in [0, 0.05) is 19.7 Å². The molecule has 0 aliphatic rings. The fourth-order valence-corrected chi connectivity index (χ4v) is 1.77. The van der Waals surface area contributed by atoms with Gasteiger partial charge in [0.1, 0.15) is 6.61 Å². The van der Waals surface area contributed by atoms with Crippen molar-refractivity contribution in [2.24, 2.45) is 5.92 Å². The highest BCUT2D eigenvalue weighted by Gasteiger charge is 2.15. The molecule has 0 unspecified atom stereocenters. The predicted molar refractivity (Wildman–Crippen MR) is 74.7 cm³/mol. The fraction of sp³-hybridized carbons (Fsp3) is 0.533. The molecule has 0 aliphatic carbocycles. The second-order valence-electron chi connectivity index (χ2n) is 4.96. The van der Waals surface area contributed by atoms with Crippen LogP contribution in [0.4, 0.5) is 4.79 Å². The number of nitrogens with zero attached hydrogens (tertiary/aromatic N) is 1. The largest absolute Gasteiger partial charge is 0.445 e. The lowest BCUT2D eigenvalue weighted by Gasteiger charge is -2.23. The van der Waals surface area contributed by atoms with Crippen LogP contribution in [0.3, 0.4) is 0 Å². The van der Waals surface area contributed by atoms with Crippen molar-refractivity contribution in [1.29, 1.82) is 0 Å². The lowest BCUT2D eigenvalue weighted by molar-refractivity contribution is 0.0893. The first-order valence-corrected chi connectivity index (χ1v) is 6.70. The van der Waals surface area contributed by atoms with E-state index in [1.54, 1.807) is 4.90 Å². The van der Waals surface area contributed by atoms with E-state index < -0.39 is 0 Å². The normalized spacial score (nSPS) is 10.5. The molecule has 1 aromatic rings. The minimum atomic E-state index is -0.314. The third-order valence-corrected chi connectivity index (χ3v) is 2.64. The zero-order valence-corrected chi connectivity index (χ0v) is 11.7. The zero-order chi connectivity index (χ0) is 14.1. The maximum Gasteiger partial charge on any atom is 0.410 e. The topological polar surface area (TPSA) is 49.8 Å². The molecule has 1 rings (SSSR count). The van der Waals surface area contributed by atoms with Gasteiger partial charge in [-0.25, -0.2) is 4.79 Å². The van der Waals surface area contributed by atoms with Gasteiger partial charge in [0.05, 0.1) is 0 Å². The molecule has 19 heavy (non-hydrogen) atoms. The lowest BCUT2D eigenvalue weighted by atomic mass is 10.2. The van der Waals surface area contributed by atoms with Gasteiger partial charge in [0.25, 0.3) is 0 Å². The van der Waals surface area contributed by atoms with Crippen molar-refractivity contribution < 1.29 is 14.6 Å². The summed E-state index contributed by atoms with van der Waals surface area (Å²) in [6.07, 6.45) is 0.263. The quantitative estimate of drug-likeness (QED) is 0.824. The van der Waals surface area contributed by atoms with Gasteiger partial charge < -0.3 is 14.7 Å². The standard InChI is InChI=1S/C15H23NO3/c1-13(2)11-16(9-6-10-17)15(18)19-12-14-7-4-3-5-8-14/h3-5,7-8,13,17H,6,9-12H2,1-2H3. The van der Waals surface area contributed by atoms with E-state index in [0.29, 0.717) is 25.4 Å². The molecule has 1 aromatic carbocycles. The van der Waals surface area contributed by atoms with Crippen LogP contribution >= 0.6 is 0 Å². The van der Waals surface area contributed by atoms with Crippen molar-refractivity contribution in [3.63, 3.8) is 0 Å². The number of ether oxygens (including phenoxy) is 1. The molecule has 0 radical (unpaired) electrons. The Labute approximate surface area is 115 Å². The van der Waals surface area contributed by atoms with E-state index in [4.69, 9.17) is 9.84 Å². The number of amides is 1. The van der Waals surface area contributed by atoms with Gasteiger partial charge in [-0.2, -0.15) is 0 Å². The molecule has 0 heterocycles. The minimum Gasteiger partial charge on any atom is -0.445 e. The molecular weight excluding hydrogens is 242 g/mol. The second-order valence-corrected chi connectivity index (χ2v) is 4.96. The van der Waals surface area contributed by atoms with Crippen LogP contribution in [0.2, 0.25) is 0 Å². The zero-order valence-electron chi connectivity index (χ0n) is 11.7. The number of aliphatic hydroxyl groups is 1. The third-order valence-electron chi connectivity index (χ3n) is 2.64. The summed E-state index contributed by atoms with van der Waals surface area (Å²) in [4.78, 5) is 13.6. The van der Waals surface area contributed by atoms with E-state index in [0.717, 1.165) is 5.56 Å². The van der Waals surface area contributed by atoms with E-state index >= 15 is 0 Å². The number of carbonyl (C=O) groups excluding carboxylic acids is 1. The Balaban J connectivity index is 2.46. The Morgan fingerprint density at radius 1 is 1.32 bits per heavy atom. The molecule has 4 heteroatoms. The van der Waals surface area contributed by atoms with E-state index in [1.165, 1.54) is 0 Å². The summed E-state index contributed by atoms with van der Waals surface area (Å²) in [7, 11) is 0. The Morgan fingerprint density at radius 3 is 2.58 bits per heavy atom. The molecule has 1 N–H and O–H groups in total. The first-order valence-electron chi connectivity index (χ1n) is 6.70. The van der Waals surface area contributed by atoms with Crippen LogP contribution in [0.1, 0.15) is 25.8 Å². The molecule has 0 spiro atoms. The number of aliphatic hydroxyl groups excluding tert-OH is 1. The van der Waals surface area contributed by atoms with Gasteiger partial charge in [-0.3, -0.25) is 0 Å². The van der Waals surface area contributed by atoms with Crippen LogP contribution in [0.15, 0.2) is 30.3 Å². The smallest absolute Gasteiger partial charge is 0.410 e. The SMILES string of the molecule is CC(C)CN(CCCO)C(=O)OCc1ccccc1. The number of carbonyl (C=O) groups is 1. The van der Waals surface area contributed by atoms with Crippen molar-refractivity contribution in [3.05, 3.63) is 35.9 Å². The Kier molecular flexibility index (Phi) is 6.97. The highest BCUT2D eigenvalue weighted by atomic mass is 16.6. The molecule has 106 valence electrons. The molecule has 0 saturated carbocycles. The number of benzene rings is 1. The molecule has 0 saturated heterocycles. The minimum absolute atomic E-state index is 0.0839. The Hall–Kier alpha value is -1.55. The summed E-state index contributed by atoms with van der Waals surface area (Å²) >= 11 is 0. The molecular formula is C15H23NO3. The summed E-state index contributed by atoms with van der Waals surface area (Å²) in [5, 5.41) is 8.86. The summed E-state index contributed by atoms with van der Waals surface area (Å²) in [5.74, 6) is 0.378. The average Bonchev–Trinajstić information content (AvgIpc) is 2.41. The van der Waals surface area contributed by atoms with Crippen molar-refractivity contribution in [3.8, 4) is 0 Å². The average molecular weight is 265 g/mol. The highest BCUT2D eigenvalue weighted by Crippen LogP contribution is 2.06.